The quantitative estimate of drug-likeness (QED) is 0.170. The Hall–Kier alpha value is -4.46. The minimum atomic E-state index is -0.378. The molecule has 1 aliphatic heterocycles. The van der Waals surface area contributed by atoms with Gasteiger partial charge in [-0.15, -0.1) is 0 Å². The molecule has 1 nitrogen and oxygen atoms in total. The first-order chi connectivity index (χ1) is 28.6. The third kappa shape index (κ3) is 4.77. The van der Waals surface area contributed by atoms with Crippen molar-refractivity contribution < 1.29 is 15.7 Å². The van der Waals surface area contributed by atoms with Crippen LogP contribution in [0.5, 0.6) is 0 Å². The van der Waals surface area contributed by atoms with Gasteiger partial charge in [-0.25, -0.2) is 0 Å². The maximum Gasteiger partial charge on any atom is 0.0641 e. The van der Waals surface area contributed by atoms with Crippen LogP contribution >= 0.6 is 0 Å². The molecule has 4 aliphatic rings. The molecule has 1 saturated heterocycles. The molecule has 0 bridgehead atoms. The van der Waals surface area contributed by atoms with E-state index >= 15 is 0 Å². The molecule has 3 saturated carbocycles. The van der Waals surface area contributed by atoms with E-state index in [9.17, 15) is 5.48 Å². The highest BCUT2D eigenvalue weighted by atomic mass is 16.5. The Morgan fingerprint density at radius 3 is 1.92 bits per heavy atom. The van der Waals surface area contributed by atoms with Crippen molar-refractivity contribution in [2.75, 3.05) is 0 Å². The topological polar surface area (TPSA) is 9.23 Å². The molecule has 3 aliphatic carbocycles. The predicted molar refractivity (Wildman–Crippen MR) is 214 cm³/mol. The zero-order valence-corrected chi connectivity index (χ0v) is 28.8. The van der Waals surface area contributed by atoms with E-state index in [1.807, 2.05) is 54.6 Å². The van der Waals surface area contributed by atoms with Gasteiger partial charge in [0.15, 0.2) is 0 Å². The van der Waals surface area contributed by atoms with Crippen molar-refractivity contribution in [3.05, 3.63) is 133 Å². The lowest BCUT2D eigenvalue weighted by atomic mass is 9.59. The summed E-state index contributed by atoms with van der Waals surface area (Å²) in [5.41, 5.74) is 3.32. The summed E-state index contributed by atoms with van der Waals surface area (Å²) in [5, 5.41) is 5.03. The molecule has 7 atom stereocenters. The van der Waals surface area contributed by atoms with E-state index in [-0.39, 0.29) is 93.9 Å². The number of ether oxygens (including phenoxy) is 1. The largest absolute Gasteiger partial charge is 0.374 e. The Morgan fingerprint density at radius 1 is 0.529 bits per heavy atom. The molecule has 51 heavy (non-hydrogen) atoms. The molecule has 7 aromatic rings. The molecule has 0 radical (unpaired) electrons. The lowest BCUT2D eigenvalue weighted by Gasteiger charge is -2.44. The first-order valence-electron chi connectivity index (χ1n) is 23.3. The molecule has 0 aromatic heterocycles. The summed E-state index contributed by atoms with van der Waals surface area (Å²) in [6.07, 6.45) is 10.9. The molecule has 0 N–H and O–H groups in total. The lowest BCUT2D eigenvalue weighted by molar-refractivity contribution is -0.0552. The summed E-state index contributed by atoms with van der Waals surface area (Å²) in [7, 11) is 0. The van der Waals surface area contributed by atoms with Gasteiger partial charge >= 0.3 is 0 Å². The van der Waals surface area contributed by atoms with Gasteiger partial charge in [-0.05, 0) is 145 Å². The summed E-state index contributed by atoms with van der Waals surface area (Å²) in [6, 6.07) is 24.0. The molecular weight excluding hydrogens is 617 g/mol. The first-order valence-corrected chi connectivity index (χ1v) is 19.3. The highest BCUT2D eigenvalue weighted by Gasteiger charge is 2.55. The average molecular weight is 671 g/mol. The van der Waals surface area contributed by atoms with Crippen LogP contribution in [0.15, 0.2) is 127 Å². The van der Waals surface area contributed by atoms with Crippen LogP contribution in [0.25, 0.3) is 65.3 Å². The summed E-state index contributed by atoms with van der Waals surface area (Å²) < 4.78 is 81.9. The van der Waals surface area contributed by atoms with Crippen LogP contribution in [0.4, 0.5) is 0 Å². The summed E-state index contributed by atoms with van der Waals surface area (Å²) in [5.74, 6) is 2.16. The number of hydrogen-bond acceptors (Lipinski definition) is 1. The van der Waals surface area contributed by atoms with Gasteiger partial charge in [-0.2, -0.15) is 0 Å². The molecule has 11 rings (SSSR count). The number of fused-ring (bicyclic) bond motifs is 9. The van der Waals surface area contributed by atoms with E-state index in [4.69, 9.17) is 10.2 Å². The number of rotatable bonds is 3. The van der Waals surface area contributed by atoms with E-state index < -0.39 is 0 Å². The molecule has 7 unspecified atom stereocenters. The predicted octanol–water partition coefficient (Wildman–Crippen LogP) is 13.5. The highest BCUT2D eigenvalue weighted by molar-refractivity contribution is 6.22. The van der Waals surface area contributed by atoms with Crippen LogP contribution in [0, 0.1) is 23.7 Å². The van der Waals surface area contributed by atoms with Gasteiger partial charge in [0.2, 0.25) is 0 Å². The van der Waals surface area contributed by atoms with Crippen molar-refractivity contribution in [2.24, 2.45) is 23.7 Å². The summed E-state index contributed by atoms with van der Waals surface area (Å²) >= 11 is 0. The van der Waals surface area contributed by atoms with Gasteiger partial charge in [0, 0.05) is 0 Å². The molecule has 7 aromatic carbocycles. The molecule has 0 amide bonds. The van der Waals surface area contributed by atoms with E-state index in [1.54, 1.807) is 0 Å². The van der Waals surface area contributed by atoms with Gasteiger partial charge < -0.3 is 4.74 Å². The minimum Gasteiger partial charge on any atom is -0.374 e. The SMILES string of the molecule is [2H]c1c([2H])c([2H])c2c(-c3cc4ccccc4cc3C3CCCC4OC5C6CCCCC6CCC5C43)c3c([2H])c([2H])c([2H])c([2H])c3c(-c3ccc4ccccc4c3)c2c1[2H]. The average Bonchev–Trinajstić information content (AvgIpc) is 3.67. The fourth-order valence-corrected chi connectivity index (χ4v) is 11.3. The van der Waals surface area contributed by atoms with Crippen molar-refractivity contribution in [1.82, 2.24) is 0 Å². The molecule has 1 heteroatoms. The normalized spacial score (nSPS) is 29.6. The number of benzene rings is 7. The van der Waals surface area contributed by atoms with Crippen molar-refractivity contribution in [3.63, 3.8) is 0 Å². The second kappa shape index (κ2) is 12.1. The van der Waals surface area contributed by atoms with Crippen LogP contribution < -0.4 is 0 Å². The van der Waals surface area contributed by atoms with Gasteiger partial charge in [0.1, 0.15) is 0 Å². The van der Waals surface area contributed by atoms with E-state index in [1.165, 1.54) is 32.1 Å². The fourth-order valence-electron chi connectivity index (χ4n) is 11.3. The van der Waals surface area contributed by atoms with E-state index in [0.717, 1.165) is 64.3 Å². The first kappa shape index (κ1) is 23.2. The second-order valence-electron chi connectivity index (χ2n) is 15.8. The van der Waals surface area contributed by atoms with Crippen LogP contribution in [0.2, 0.25) is 0 Å². The minimum absolute atomic E-state index is 0.0971. The Kier molecular flexibility index (Phi) is 5.48. The van der Waals surface area contributed by atoms with Crippen LogP contribution in [0.3, 0.4) is 0 Å². The fraction of sp³-hybridized carbons (Fsp3) is 0.320. The third-order valence-corrected chi connectivity index (χ3v) is 13.4. The molecule has 0 spiro atoms. The second-order valence-corrected chi connectivity index (χ2v) is 15.8. The smallest absolute Gasteiger partial charge is 0.0641 e. The highest BCUT2D eigenvalue weighted by Crippen LogP contribution is 2.59. The Labute approximate surface area is 312 Å². The maximum absolute atomic E-state index is 9.70. The van der Waals surface area contributed by atoms with Crippen LogP contribution in [-0.2, 0) is 4.74 Å². The summed E-state index contributed by atoms with van der Waals surface area (Å²) in [6.45, 7) is 0. The van der Waals surface area contributed by atoms with Gasteiger partial charge in [0.05, 0.1) is 23.2 Å². The summed E-state index contributed by atoms with van der Waals surface area (Å²) in [4.78, 5) is 0. The molecular formula is C50H46O. The van der Waals surface area contributed by atoms with Gasteiger partial charge in [0.25, 0.3) is 0 Å². The van der Waals surface area contributed by atoms with Gasteiger partial charge in [-0.1, -0.05) is 141 Å². The van der Waals surface area contributed by atoms with Crippen molar-refractivity contribution in [3.8, 4) is 22.3 Å². The van der Waals surface area contributed by atoms with Crippen LogP contribution in [-0.4, -0.2) is 12.2 Å². The Bertz CT molecular complexity index is 2820. The van der Waals surface area contributed by atoms with Crippen molar-refractivity contribution in [2.45, 2.75) is 75.9 Å². The van der Waals surface area contributed by atoms with Crippen LogP contribution in [0.1, 0.15) is 80.2 Å². The third-order valence-electron chi connectivity index (χ3n) is 13.4. The van der Waals surface area contributed by atoms with E-state index in [2.05, 4.69) is 24.3 Å². The standard InChI is InChI=1S/C50H46O/c1-2-14-33-28-36(25-24-31(33)12-1)47-38-18-7-9-20-40(38)48(41-21-10-8-19-39(41)47)45-30-35-16-4-3-15-34(35)29-44(45)42-22-11-23-46-49(42)43-27-26-32-13-5-6-17-37(32)50(43)51-46/h1-4,7-10,12,14-16,18-21,24-25,28-30,32,37,42-43,46,49-50H,5-6,11,13,17,22-23,26-27H2/i7D,8D,9D,10D,18D,19D,20D,21D. The zero-order chi connectivity index (χ0) is 40.4. The molecule has 252 valence electrons. The lowest BCUT2D eigenvalue weighted by Crippen LogP contribution is -2.41. The number of hydrogen-bond donors (Lipinski definition) is 0. The Morgan fingerprint density at radius 2 is 1.18 bits per heavy atom. The maximum atomic E-state index is 9.70. The van der Waals surface area contributed by atoms with E-state index in [0.29, 0.717) is 28.5 Å². The zero-order valence-electron chi connectivity index (χ0n) is 36.8. The van der Waals surface area contributed by atoms with Crippen molar-refractivity contribution >= 4 is 43.1 Å². The van der Waals surface area contributed by atoms with Crippen molar-refractivity contribution in [1.29, 1.82) is 0 Å². The Balaban J connectivity index is 1.27. The molecule has 1 heterocycles. The monoisotopic (exact) mass is 670 g/mol. The van der Waals surface area contributed by atoms with Gasteiger partial charge in [-0.3, -0.25) is 0 Å². The molecule has 4 fully saturated rings.